The SMILES string of the molecule is CC(C)CC(C)(CN)NC(=O)c1ccc(COc2ccc(F)cc2)o1.Cl. The van der Waals surface area contributed by atoms with Crippen LogP contribution in [0.4, 0.5) is 4.39 Å². The summed E-state index contributed by atoms with van der Waals surface area (Å²) >= 11 is 0. The molecule has 0 radical (unpaired) electrons. The van der Waals surface area contributed by atoms with Crippen molar-refractivity contribution in [3.8, 4) is 5.75 Å². The maximum atomic E-state index is 12.9. The number of ether oxygens (including phenoxy) is 1. The Balaban J connectivity index is 0.00000338. The zero-order chi connectivity index (χ0) is 18.4. The first-order valence-electron chi connectivity index (χ1n) is 8.31. The van der Waals surface area contributed by atoms with Crippen molar-refractivity contribution in [3.05, 3.63) is 53.7 Å². The van der Waals surface area contributed by atoms with Gasteiger partial charge in [-0.1, -0.05) is 13.8 Å². The lowest BCUT2D eigenvalue weighted by atomic mass is 9.90. The van der Waals surface area contributed by atoms with E-state index < -0.39 is 5.54 Å². The summed E-state index contributed by atoms with van der Waals surface area (Å²) in [6.45, 7) is 6.58. The first kappa shape index (κ1) is 22.0. The lowest BCUT2D eigenvalue weighted by Crippen LogP contribution is -2.52. The van der Waals surface area contributed by atoms with Crippen LogP contribution in [0.2, 0.25) is 0 Å². The van der Waals surface area contributed by atoms with Crippen molar-refractivity contribution >= 4 is 18.3 Å². The van der Waals surface area contributed by atoms with E-state index >= 15 is 0 Å². The Morgan fingerprint density at radius 2 is 1.92 bits per heavy atom. The van der Waals surface area contributed by atoms with Crippen LogP contribution in [0.5, 0.6) is 5.75 Å². The van der Waals surface area contributed by atoms with Gasteiger partial charge in [-0.25, -0.2) is 4.39 Å². The van der Waals surface area contributed by atoms with Crippen LogP contribution in [0.3, 0.4) is 0 Å². The Bertz CT molecular complexity index is 703. The lowest BCUT2D eigenvalue weighted by Gasteiger charge is -2.30. The molecule has 3 N–H and O–H groups in total. The van der Waals surface area contributed by atoms with Gasteiger partial charge in [0.05, 0.1) is 5.54 Å². The second kappa shape index (κ2) is 9.59. The van der Waals surface area contributed by atoms with E-state index in [0.29, 0.717) is 24.0 Å². The summed E-state index contributed by atoms with van der Waals surface area (Å²) in [5, 5.41) is 2.94. The van der Waals surface area contributed by atoms with Crippen molar-refractivity contribution in [2.45, 2.75) is 39.3 Å². The number of hydrogen-bond donors (Lipinski definition) is 2. The highest BCUT2D eigenvalue weighted by Crippen LogP contribution is 2.18. The molecule has 0 saturated carbocycles. The Labute approximate surface area is 159 Å². The van der Waals surface area contributed by atoms with E-state index in [9.17, 15) is 9.18 Å². The zero-order valence-electron chi connectivity index (χ0n) is 15.3. The molecule has 26 heavy (non-hydrogen) atoms. The zero-order valence-corrected chi connectivity index (χ0v) is 16.1. The average Bonchev–Trinajstić information content (AvgIpc) is 3.02. The smallest absolute Gasteiger partial charge is 0.287 e. The van der Waals surface area contributed by atoms with Gasteiger partial charge in [-0.2, -0.15) is 0 Å². The van der Waals surface area contributed by atoms with E-state index in [-0.39, 0.29) is 36.5 Å². The van der Waals surface area contributed by atoms with E-state index in [1.165, 1.54) is 24.3 Å². The molecule has 0 spiro atoms. The molecule has 0 fully saturated rings. The summed E-state index contributed by atoms with van der Waals surface area (Å²) in [7, 11) is 0. The topological polar surface area (TPSA) is 77.5 Å². The molecule has 1 aromatic heterocycles. The third-order valence-corrected chi connectivity index (χ3v) is 3.80. The van der Waals surface area contributed by atoms with Crippen LogP contribution in [0, 0.1) is 11.7 Å². The van der Waals surface area contributed by atoms with E-state index in [2.05, 4.69) is 19.2 Å². The van der Waals surface area contributed by atoms with Crippen LogP contribution in [0.1, 0.15) is 43.5 Å². The molecular formula is C19H26ClFN2O3. The van der Waals surface area contributed by atoms with Crippen molar-refractivity contribution in [2.75, 3.05) is 6.54 Å². The van der Waals surface area contributed by atoms with Gasteiger partial charge in [0.1, 0.15) is 23.9 Å². The molecule has 144 valence electrons. The van der Waals surface area contributed by atoms with Gasteiger partial charge < -0.3 is 20.2 Å². The van der Waals surface area contributed by atoms with E-state index in [1.807, 2.05) is 6.92 Å². The molecule has 7 heteroatoms. The number of carbonyl (C=O) groups excluding carboxylic acids is 1. The maximum Gasteiger partial charge on any atom is 0.287 e. The summed E-state index contributed by atoms with van der Waals surface area (Å²) in [6, 6.07) is 8.98. The molecule has 1 unspecified atom stereocenters. The predicted molar refractivity (Wildman–Crippen MR) is 101 cm³/mol. The minimum atomic E-state index is -0.483. The number of furan rings is 1. The largest absolute Gasteiger partial charge is 0.486 e. The second-order valence-electron chi connectivity index (χ2n) is 6.83. The number of rotatable bonds is 8. The molecule has 5 nitrogen and oxygen atoms in total. The highest BCUT2D eigenvalue weighted by molar-refractivity contribution is 5.92. The molecule has 2 rings (SSSR count). The molecule has 0 aliphatic heterocycles. The van der Waals surface area contributed by atoms with E-state index in [0.717, 1.165) is 6.42 Å². The van der Waals surface area contributed by atoms with Crippen molar-refractivity contribution in [1.82, 2.24) is 5.32 Å². The fourth-order valence-corrected chi connectivity index (χ4v) is 2.68. The molecule has 1 amide bonds. The van der Waals surface area contributed by atoms with Gasteiger partial charge in [-0.15, -0.1) is 12.4 Å². The van der Waals surface area contributed by atoms with E-state index in [4.69, 9.17) is 14.9 Å². The van der Waals surface area contributed by atoms with Gasteiger partial charge >= 0.3 is 0 Å². The highest BCUT2D eigenvalue weighted by Gasteiger charge is 2.27. The molecule has 0 bridgehead atoms. The van der Waals surface area contributed by atoms with Gasteiger partial charge in [0.15, 0.2) is 5.76 Å². The first-order valence-corrected chi connectivity index (χ1v) is 8.31. The Kier molecular flexibility index (Phi) is 8.11. The Hall–Kier alpha value is -2.05. The van der Waals surface area contributed by atoms with Crippen LogP contribution >= 0.6 is 12.4 Å². The van der Waals surface area contributed by atoms with Gasteiger partial charge in [-0.3, -0.25) is 4.79 Å². The predicted octanol–water partition coefficient (Wildman–Crippen LogP) is 3.91. The highest BCUT2D eigenvalue weighted by atomic mass is 35.5. The minimum absolute atomic E-state index is 0. The molecule has 0 saturated heterocycles. The second-order valence-corrected chi connectivity index (χ2v) is 6.83. The normalized spacial score (nSPS) is 13.0. The maximum absolute atomic E-state index is 12.9. The van der Waals surface area contributed by atoms with Crippen LogP contribution in [0.15, 0.2) is 40.8 Å². The van der Waals surface area contributed by atoms with Crippen molar-refractivity contribution < 1.29 is 18.3 Å². The van der Waals surface area contributed by atoms with Crippen LogP contribution in [-0.4, -0.2) is 18.0 Å². The van der Waals surface area contributed by atoms with Crippen molar-refractivity contribution in [3.63, 3.8) is 0 Å². The van der Waals surface area contributed by atoms with Crippen molar-refractivity contribution in [2.24, 2.45) is 11.7 Å². The molecule has 0 aliphatic rings. The molecule has 0 aliphatic carbocycles. The summed E-state index contributed by atoms with van der Waals surface area (Å²) in [5.41, 5.74) is 5.33. The molecular weight excluding hydrogens is 359 g/mol. The number of hydrogen-bond acceptors (Lipinski definition) is 4. The third kappa shape index (κ3) is 6.35. The van der Waals surface area contributed by atoms with Gasteiger partial charge in [-0.05, 0) is 55.7 Å². The van der Waals surface area contributed by atoms with Gasteiger partial charge in [0.25, 0.3) is 5.91 Å². The summed E-state index contributed by atoms with van der Waals surface area (Å²) < 4.78 is 23.9. The standard InChI is InChI=1S/C19H25FN2O3.ClH/c1-13(2)10-19(3,12-21)22-18(23)17-9-8-16(25-17)11-24-15-6-4-14(20)5-7-15;/h4-9,13H,10-12,21H2,1-3H3,(H,22,23);1H. The molecule has 1 atom stereocenters. The summed E-state index contributed by atoms with van der Waals surface area (Å²) in [5.74, 6) is 1.02. The number of nitrogens with one attached hydrogen (secondary N) is 1. The number of amides is 1. The summed E-state index contributed by atoms with van der Waals surface area (Å²) in [6.07, 6.45) is 0.774. The Morgan fingerprint density at radius 1 is 1.27 bits per heavy atom. The minimum Gasteiger partial charge on any atom is -0.486 e. The third-order valence-electron chi connectivity index (χ3n) is 3.80. The first-order chi connectivity index (χ1) is 11.8. The van der Waals surface area contributed by atoms with Crippen LogP contribution < -0.4 is 15.8 Å². The monoisotopic (exact) mass is 384 g/mol. The fourth-order valence-electron chi connectivity index (χ4n) is 2.68. The van der Waals surface area contributed by atoms with Crippen LogP contribution in [-0.2, 0) is 6.61 Å². The number of halogens is 2. The van der Waals surface area contributed by atoms with Gasteiger partial charge in [0.2, 0.25) is 0 Å². The van der Waals surface area contributed by atoms with Gasteiger partial charge in [0, 0.05) is 6.54 Å². The summed E-state index contributed by atoms with van der Waals surface area (Å²) in [4.78, 5) is 12.4. The van der Waals surface area contributed by atoms with Crippen molar-refractivity contribution in [1.29, 1.82) is 0 Å². The van der Waals surface area contributed by atoms with E-state index in [1.54, 1.807) is 12.1 Å². The quantitative estimate of drug-likeness (QED) is 0.723. The molecule has 1 heterocycles. The molecule has 2 aromatic rings. The number of nitrogens with two attached hydrogens (primary N) is 1. The fraction of sp³-hybridized carbons (Fsp3) is 0.421. The average molecular weight is 385 g/mol. The molecule has 1 aromatic carbocycles. The lowest BCUT2D eigenvalue weighted by molar-refractivity contribution is 0.0865. The Morgan fingerprint density at radius 3 is 2.50 bits per heavy atom. The van der Waals surface area contributed by atoms with Crippen LogP contribution in [0.25, 0.3) is 0 Å². The number of carbonyl (C=O) groups is 1. The number of benzene rings is 1.